The number of aryl methyl sites for hydroxylation is 1. The zero-order chi connectivity index (χ0) is 27.9. The van der Waals surface area contributed by atoms with Crippen molar-refractivity contribution >= 4 is 46.0 Å². The number of hydrogen-bond acceptors (Lipinski definition) is 6. The summed E-state index contributed by atoms with van der Waals surface area (Å²) < 4.78 is 2.65. The summed E-state index contributed by atoms with van der Waals surface area (Å²) in [6, 6.07) is 19.7. The number of Topliss-reactive ketones (excluding diaryl/α,β-unsaturated/α-hetero) is 1. The average Bonchev–Trinajstić information content (AvgIpc) is 3.56. The third-order valence-electron chi connectivity index (χ3n) is 7.54. The minimum Gasteiger partial charge on any atom is -0.424 e. The molecule has 0 radical (unpaired) electrons. The van der Waals surface area contributed by atoms with E-state index < -0.39 is 30.6 Å². The van der Waals surface area contributed by atoms with Crippen molar-refractivity contribution in [2.24, 2.45) is 0 Å². The van der Waals surface area contributed by atoms with Crippen molar-refractivity contribution < 1.29 is 9.59 Å². The lowest BCUT2D eigenvalue weighted by Gasteiger charge is -2.41. The number of thiophene rings is 1. The summed E-state index contributed by atoms with van der Waals surface area (Å²) in [6.45, 7) is 7.16. The molecular formula is C29H30N4O4SSi. The van der Waals surface area contributed by atoms with Crippen molar-refractivity contribution in [2.45, 2.75) is 45.2 Å². The molecule has 3 heterocycles. The van der Waals surface area contributed by atoms with Crippen LogP contribution in [0, 0.1) is 6.92 Å². The van der Waals surface area contributed by atoms with Gasteiger partial charge in [0.25, 0.3) is 13.9 Å². The molecule has 10 heteroatoms. The highest BCUT2D eigenvalue weighted by atomic mass is 32.1. The molecular weight excluding hydrogens is 528 g/mol. The van der Waals surface area contributed by atoms with Gasteiger partial charge in [0.05, 0.1) is 11.4 Å². The standard InChI is InChI=1S/C29H30N4O4SSi/c1-19-24-25(38-27(19)32-17-11-16-30-32)31-28(36)33(26(24)35)20(2)23(34)18-29(3,4)39(37,21-12-7-5-8-13-21)22-14-9-6-10-15-22/h5-17,20,37H,18H2,1-4H3,(H,31,36). The highest BCUT2D eigenvalue weighted by molar-refractivity contribution is 7.21. The zero-order valence-electron chi connectivity index (χ0n) is 22.2. The molecule has 0 bridgehead atoms. The van der Waals surface area contributed by atoms with E-state index in [4.69, 9.17) is 0 Å². The Morgan fingerprint density at radius 3 is 2.18 bits per heavy atom. The molecule has 1 unspecified atom stereocenters. The number of carbonyl (C=O) groups excluding carboxylic acids is 1. The Labute approximate surface area is 230 Å². The summed E-state index contributed by atoms with van der Waals surface area (Å²) in [5, 5.41) is 6.06. The molecule has 8 nitrogen and oxygen atoms in total. The SMILES string of the molecule is Cc1c(-n2cccn2)sc2[nH]c(=O)n(C(C)C(=O)CC(C)(C)[Si](O)(c3ccccc3)c3ccccc3)c(=O)c12. The third kappa shape index (κ3) is 4.44. The van der Waals surface area contributed by atoms with Gasteiger partial charge in [0.15, 0.2) is 5.78 Å². The van der Waals surface area contributed by atoms with Crippen LogP contribution in [0.4, 0.5) is 0 Å². The van der Waals surface area contributed by atoms with Crippen LogP contribution in [-0.4, -0.2) is 38.2 Å². The highest BCUT2D eigenvalue weighted by Gasteiger charge is 2.51. The number of ketones is 1. The van der Waals surface area contributed by atoms with E-state index in [1.165, 1.54) is 11.3 Å². The van der Waals surface area contributed by atoms with Gasteiger partial charge in [-0.1, -0.05) is 85.8 Å². The fourth-order valence-electron chi connectivity index (χ4n) is 5.34. The van der Waals surface area contributed by atoms with Gasteiger partial charge in [0.1, 0.15) is 9.83 Å². The largest absolute Gasteiger partial charge is 0.424 e. The second kappa shape index (κ2) is 10.0. The molecule has 2 aromatic carbocycles. The van der Waals surface area contributed by atoms with Crippen LogP contribution in [0.1, 0.15) is 38.8 Å². The summed E-state index contributed by atoms with van der Waals surface area (Å²) in [7, 11) is -3.45. The lowest BCUT2D eigenvalue weighted by molar-refractivity contribution is -0.122. The number of benzene rings is 2. The van der Waals surface area contributed by atoms with Gasteiger partial charge in [-0.25, -0.2) is 14.0 Å². The van der Waals surface area contributed by atoms with Gasteiger partial charge in [-0.15, -0.1) is 0 Å². The molecule has 2 N–H and O–H groups in total. The first-order valence-corrected chi connectivity index (χ1v) is 15.5. The van der Waals surface area contributed by atoms with Crippen molar-refractivity contribution in [3.05, 3.63) is 106 Å². The fourth-order valence-corrected chi connectivity index (χ4v) is 10.1. The first-order chi connectivity index (χ1) is 18.6. The van der Waals surface area contributed by atoms with E-state index in [1.807, 2.05) is 74.5 Å². The maximum atomic E-state index is 13.8. The van der Waals surface area contributed by atoms with Crippen LogP contribution < -0.4 is 21.6 Å². The Kier molecular flexibility index (Phi) is 6.87. The van der Waals surface area contributed by atoms with Crippen LogP contribution in [0.5, 0.6) is 0 Å². The Hall–Kier alpha value is -3.86. The second-order valence-corrected chi connectivity index (χ2v) is 15.4. The summed E-state index contributed by atoms with van der Waals surface area (Å²) in [5.41, 5.74) is -0.472. The molecule has 0 spiro atoms. The van der Waals surface area contributed by atoms with Crippen molar-refractivity contribution in [1.82, 2.24) is 19.3 Å². The van der Waals surface area contributed by atoms with Crippen molar-refractivity contribution in [3.63, 3.8) is 0 Å². The number of rotatable bonds is 8. The molecule has 0 amide bonds. The molecule has 0 aliphatic rings. The third-order valence-corrected chi connectivity index (χ3v) is 13.2. The lowest BCUT2D eigenvalue weighted by atomic mass is 10.0. The van der Waals surface area contributed by atoms with Gasteiger partial charge in [0.2, 0.25) is 0 Å². The predicted octanol–water partition coefficient (Wildman–Crippen LogP) is 3.30. The van der Waals surface area contributed by atoms with E-state index in [1.54, 1.807) is 37.0 Å². The summed E-state index contributed by atoms with van der Waals surface area (Å²) in [6.07, 6.45) is 3.39. The quantitative estimate of drug-likeness (QED) is 0.284. The fraction of sp³-hybridized carbons (Fsp3) is 0.241. The lowest BCUT2D eigenvalue weighted by Crippen LogP contribution is -2.65. The number of nitrogens with one attached hydrogen (secondary N) is 1. The maximum absolute atomic E-state index is 13.8. The molecule has 0 saturated heterocycles. The second-order valence-electron chi connectivity index (χ2n) is 10.4. The molecule has 0 saturated carbocycles. The van der Waals surface area contributed by atoms with Crippen LogP contribution in [-0.2, 0) is 4.79 Å². The Bertz CT molecular complexity index is 1720. The summed E-state index contributed by atoms with van der Waals surface area (Å²) >= 11 is 1.27. The Morgan fingerprint density at radius 2 is 1.64 bits per heavy atom. The maximum Gasteiger partial charge on any atom is 0.330 e. The van der Waals surface area contributed by atoms with Crippen LogP contribution in [0.15, 0.2) is 88.7 Å². The first-order valence-electron chi connectivity index (χ1n) is 12.7. The number of aromatic amines is 1. The predicted molar refractivity (Wildman–Crippen MR) is 157 cm³/mol. The molecule has 5 aromatic rings. The van der Waals surface area contributed by atoms with Gasteiger partial charge in [-0.2, -0.15) is 5.10 Å². The average molecular weight is 559 g/mol. The van der Waals surface area contributed by atoms with Gasteiger partial charge < -0.3 is 4.80 Å². The normalized spacial score (nSPS) is 13.1. The van der Waals surface area contributed by atoms with E-state index in [0.717, 1.165) is 19.9 Å². The van der Waals surface area contributed by atoms with Gasteiger partial charge >= 0.3 is 5.69 Å². The van der Waals surface area contributed by atoms with E-state index in [9.17, 15) is 19.2 Å². The highest BCUT2D eigenvalue weighted by Crippen LogP contribution is 2.40. The van der Waals surface area contributed by atoms with Crippen molar-refractivity contribution in [2.75, 3.05) is 0 Å². The number of carbonyl (C=O) groups is 1. The molecule has 39 heavy (non-hydrogen) atoms. The number of hydrogen-bond donors (Lipinski definition) is 2. The Morgan fingerprint density at radius 1 is 1.05 bits per heavy atom. The molecule has 0 aliphatic heterocycles. The minimum atomic E-state index is -3.45. The smallest absolute Gasteiger partial charge is 0.330 e. The van der Waals surface area contributed by atoms with Crippen molar-refractivity contribution in [3.8, 4) is 5.00 Å². The van der Waals surface area contributed by atoms with E-state index in [-0.39, 0.29) is 12.2 Å². The summed E-state index contributed by atoms with van der Waals surface area (Å²) in [5.74, 6) is -0.301. The van der Waals surface area contributed by atoms with Crippen LogP contribution in [0.2, 0.25) is 5.04 Å². The number of aromatic nitrogens is 4. The van der Waals surface area contributed by atoms with Crippen molar-refractivity contribution in [1.29, 1.82) is 0 Å². The number of H-pyrrole nitrogens is 1. The first kappa shape index (κ1) is 26.7. The van der Waals surface area contributed by atoms with Crippen LogP contribution >= 0.6 is 11.3 Å². The topological polar surface area (TPSA) is 110 Å². The van der Waals surface area contributed by atoms with Gasteiger partial charge in [-0.3, -0.25) is 14.6 Å². The molecule has 1 atom stereocenters. The van der Waals surface area contributed by atoms with E-state index in [0.29, 0.717) is 15.8 Å². The van der Waals surface area contributed by atoms with Gasteiger partial charge in [0, 0.05) is 24.4 Å². The zero-order valence-corrected chi connectivity index (χ0v) is 24.0. The molecule has 0 fully saturated rings. The molecule has 5 rings (SSSR count). The monoisotopic (exact) mass is 558 g/mol. The van der Waals surface area contributed by atoms with E-state index >= 15 is 0 Å². The minimum absolute atomic E-state index is 0.0221. The van der Waals surface area contributed by atoms with Crippen LogP contribution in [0.25, 0.3) is 15.2 Å². The molecule has 3 aromatic heterocycles. The Balaban J connectivity index is 1.54. The molecule has 0 aliphatic carbocycles. The summed E-state index contributed by atoms with van der Waals surface area (Å²) in [4.78, 5) is 56.2. The van der Waals surface area contributed by atoms with Gasteiger partial charge in [-0.05, 0) is 35.3 Å². The van der Waals surface area contributed by atoms with E-state index in [2.05, 4.69) is 10.1 Å². The number of nitrogens with zero attached hydrogens (tertiary/aromatic N) is 3. The van der Waals surface area contributed by atoms with Crippen LogP contribution in [0.3, 0.4) is 0 Å². The number of fused-ring (bicyclic) bond motifs is 1. The molecule has 200 valence electrons.